The zero-order valence-corrected chi connectivity index (χ0v) is 15.6. The molecule has 0 fully saturated rings. The van der Waals surface area contributed by atoms with E-state index < -0.39 is 5.97 Å². The van der Waals surface area contributed by atoms with Crippen LogP contribution in [0, 0.1) is 10.8 Å². The highest BCUT2D eigenvalue weighted by Crippen LogP contribution is 2.37. The number of carboxylic acid groups (broad SMARTS) is 1. The molecule has 2 rings (SSSR count). The summed E-state index contributed by atoms with van der Waals surface area (Å²) in [5, 5.41) is 20.2. The van der Waals surface area contributed by atoms with E-state index >= 15 is 0 Å². The lowest BCUT2D eigenvalue weighted by Gasteiger charge is -2.40. The van der Waals surface area contributed by atoms with Crippen molar-refractivity contribution in [2.24, 2.45) is 10.8 Å². The van der Waals surface area contributed by atoms with Crippen molar-refractivity contribution in [3.05, 3.63) is 24.3 Å². The van der Waals surface area contributed by atoms with Gasteiger partial charge in [-0.15, -0.1) is 5.10 Å². The maximum absolute atomic E-state index is 10.9. The van der Waals surface area contributed by atoms with Gasteiger partial charge in [-0.05, 0) is 33.4 Å². The molecular weight excluding hydrogens is 320 g/mol. The fourth-order valence-electron chi connectivity index (χ4n) is 3.14. The third-order valence-corrected chi connectivity index (χ3v) is 3.74. The van der Waals surface area contributed by atoms with Crippen molar-refractivity contribution < 1.29 is 14.6 Å². The molecule has 0 aliphatic heterocycles. The van der Waals surface area contributed by atoms with Crippen molar-refractivity contribution in [2.75, 3.05) is 0 Å². The van der Waals surface area contributed by atoms with Crippen LogP contribution >= 0.6 is 0 Å². The van der Waals surface area contributed by atoms with Gasteiger partial charge in [-0.2, -0.15) is 0 Å². The van der Waals surface area contributed by atoms with Crippen LogP contribution < -0.4 is 4.74 Å². The lowest BCUT2D eigenvalue weighted by molar-refractivity contribution is -0.137. The number of carboxylic acids is 1. The van der Waals surface area contributed by atoms with Gasteiger partial charge in [-0.1, -0.05) is 53.7 Å². The monoisotopic (exact) mass is 346 g/mol. The molecule has 2 aromatic rings. The summed E-state index contributed by atoms with van der Waals surface area (Å²) in [6.07, 6.45) is -0.00901. The number of hydrogen-bond acceptors (Lipinski definition) is 5. The average Bonchev–Trinajstić information content (AvgIpc) is 2.90. The van der Waals surface area contributed by atoms with E-state index in [9.17, 15) is 4.79 Å². The van der Waals surface area contributed by atoms with E-state index in [1.54, 1.807) is 0 Å². The molecule has 1 aromatic carbocycles. The molecule has 0 aliphatic carbocycles. The summed E-state index contributed by atoms with van der Waals surface area (Å²) in [4.78, 5) is 10.9. The molecule has 0 radical (unpaired) electrons. The van der Waals surface area contributed by atoms with E-state index in [1.807, 2.05) is 24.3 Å². The normalized spacial score (nSPS) is 12.4. The standard InChI is InChI=1S/C18H26N4O3/c1-17(2,3)16(18(4,5)6)25-13-9-7-8-12(10-13)15-19-20-21-22(15)11-14(23)24/h7-10,16H,11H2,1-6H3,(H,23,24). The number of hydrogen-bond donors (Lipinski definition) is 1. The summed E-state index contributed by atoms with van der Waals surface area (Å²) in [7, 11) is 0. The molecule has 0 spiro atoms. The Morgan fingerprint density at radius 1 is 1.20 bits per heavy atom. The molecule has 7 nitrogen and oxygen atoms in total. The van der Waals surface area contributed by atoms with Gasteiger partial charge < -0.3 is 9.84 Å². The molecule has 0 saturated heterocycles. The van der Waals surface area contributed by atoms with Crippen LogP contribution in [0.3, 0.4) is 0 Å². The van der Waals surface area contributed by atoms with Crippen molar-refractivity contribution in [1.82, 2.24) is 20.2 Å². The van der Waals surface area contributed by atoms with Crippen LogP contribution in [0.25, 0.3) is 11.4 Å². The highest BCUT2D eigenvalue weighted by atomic mass is 16.5. The largest absolute Gasteiger partial charge is 0.489 e. The summed E-state index contributed by atoms with van der Waals surface area (Å²) in [6.45, 7) is 12.6. The second-order valence-electron chi connectivity index (χ2n) is 8.31. The summed E-state index contributed by atoms with van der Waals surface area (Å²) < 4.78 is 7.57. The summed E-state index contributed by atoms with van der Waals surface area (Å²) in [5.41, 5.74) is 0.628. The van der Waals surface area contributed by atoms with Crippen LogP contribution in [0.2, 0.25) is 0 Å². The van der Waals surface area contributed by atoms with E-state index in [4.69, 9.17) is 9.84 Å². The quantitative estimate of drug-likeness (QED) is 0.893. The number of nitrogens with zero attached hydrogens (tertiary/aromatic N) is 4. The van der Waals surface area contributed by atoms with Crippen molar-refractivity contribution in [2.45, 2.75) is 54.2 Å². The minimum Gasteiger partial charge on any atom is -0.489 e. The van der Waals surface area contributed by atoms with Crippen LogP contribution in [0.1, 0.15) is 41.5 Å². The van der Waals surface area contributed by atoms with Gasteiger partial charge in [-0.25, -0.2) is 4.68 Å². The van der Waals surface area contributed by atoms with E-state index in [-0.39, 0.29) is 23.5 Å². The van der Waals surface area contributed by atoms with Crippen LogP contribution in [-0.4, -0.2) is 37.4 Å². The fourth-order valence-corrected chi connectivity index (χ4v) is 3.14. The third-order valence-electron chi connectivity index (χ3n) is 3.74. The molecule has 0 amide bonds. The highest BCUT2D eigenvalue weighted by molar-refractivity contribution is 5.68. The molecule has 0 bridgehead atoms. The van der Waals surface area contributed by atoms with Gasteiger partial charge in [0.1, 0.15) is 18.4 Å². The molecule has 1 heterocycles. The first-order valence-corrected chi connectivity index (χ1v) is 8.23. The first-order valence-electron chi connectivity index (χ1n) is 8.23. The number of ether oxygens (including phenoxy) is 1. The summed E-state index contributed by atoms with van der Waals surface area (Å²) in [5.74, 6) is 0.106. The van der Waals surface area contributed by atoms with Crippen molar-refractivity contribution in [3.63, 3.8) is 0 Å². The Morgan fingerprint density at radius 3 is 2.40 bits per heavy atom. The summed E-state index contributed by atoms with van der Waals surface area (Å²) in [6, 6.07) is 7.42. The fraction of sp³-hybridized carbons (Fsp3) is 0.556. The van der Waals surface area contributed by atoms with E-state index in [0.717, 1.165) is 0 Å². The van der Waals surface area contributed by atoms with Gasteiger partial charge in [0.15, 0.2) is 5.82 Å². The Hall–Kier alpha value is -2.44. The molecule has 0 saturated carbocycles. The van der Waals surface area contributed by atoms with E-state index in [2.05, 4.69) is 57.1 Å². The Morgan fingerprint density at radius 2 is 1.84 bits per heavy atom. The maximum Gasteiger partial charge on any atom is 0.325 e. The number of tetrazole rings is 1. The number of rotatable bonds is 5. The molecule has 0 unspecified atom stereocenters. The van der Waals surface area contributed by atoms with Crippen LogP contribution in [0.4, 0.5) is 0 Å². The second-order valence-corrected chi connectivity index (χ2v) is 8.31. The van der Waals surface area contributed by atoms with Gasteiger partial charge in [-0.3, -0.25) is 4.79 Å². The van der Waals surface area contributed by atoms with Crippen molar-refractivity contribution >= 4 is 5.97 Å². The Kier molecular flexibility index (Phi) is 5.15. The number of carbonyl (C=O) groups is 1. The number of benzene rings is 1. The molecule has 0 aliphatic rings. The van der Waals surface area contributed by atoms with E-state index in [1.165, 1.54) is 4.68 Å². The Bertz CT molecular complexity index is 727. The van der Waals surface area contributed by atoms with Gasteiger partial charge in [0.25, 0.3) is 0 Å². The summed E-state index contributed by atoms with van der Waals surface area (Å²) >= 11 is 0. The van der Waals surface area contributed by atoms with Gasteiger partial charge in [0.2, 0.25) is 0 Å². The first kappa shape index (κ1) is 18.9. The lowest BCUT2D eigenvalue weighted by Crippen LogP contribution is -2.42. The molecule has 7 heteroatoms. The van der Waals surface area contributed by atoms with Crippen molar-refractivity contribution in [3.8, 4) is 17.1 Å². The SMILES string of the molecule is CC(C)(C)C(Oc1cccc(-c2nnnn2CC(=O)O)c1)C(C)(C)C. The number of aromatic nitrogens is 4. The minimum absolute atomic E-state index is 0.00901. The number of aliphatic carboxylic acids is 1. The van der Waals surface area contributed by atoms with Gasteiger partial charge >= 0.3 is 5.97 Å². The molecule has 1 N–H and O–H groups in total. The van der Waals surface area contributed by atoms with E-state index in [0.29, 0.717) is 17.1 Å². The third kappa shape index (κ3) is 4.78. The Balaban J connectivity index is 2.33. The lowest BCUT2D eigenvalue weighted by atomic mass is 9.74. The predicted molar refractivity (Wildman–Crippen MR) is 94.2 cm³/mol. The minimum atomic E-state index is -0.999. The van der Waals surface area contributed by atoms with Crippen LogP contribution in [0.15, 0.2) is 24.3 Å². The highest BCUT2D eigenvalue weighted by Gasteiger charge is 2.37. The predicted octanol–water partition coefficient (Wildman–Crippen LogP) is 3.26. The van der Waals surface area contributed by atoms with Crippen molar-refractivity contribution in [1.29, 1.82) is 0 Å². The van der Waals surface area contributed by atoms with Crippen LogP contribution in [0.5, 0.6) is 5.75 Å². The smallest absolute Gasteiger partial charge is 0.325 e. The Labute approximate surface area is 148 Å². The second kappa shape index (κ2) is 6.82. The molecule has 136 valence electrons. The zero-order valence-electron chi connectivity index (χ0n) is 15.6. The topological polar surface area (TPSA) is 90.1 Å². The molecular formula is C18H26N4O3. The zero-order chi connectivity index (χ0) is 18.8. The maximum atomic E-state index is 10.9. The molecule has 25 heavy (non-hydrogen) atoms. The first-order chi connectivity index (χ1) is 11.5. The van der Waals surface area contributed by atoms with Crippen LogP contribution in [-0.2, 0) is 11.3 Å². The molecule has 1 aromatic heterocycles. The van der Waals surface area contributed by atoms with Gasteiger partial charge in [0.05, 0.1) is 0 Å². The molecule has 0 atom stereocenters. The van der Waals surface area contributed by atoms with Gasteiger partial charge in [0, 0.05) is 5.56 Å². The average molecular weight is 346 g/mol.